The van der Waals surface area contributed by atoms with E-state index in [9.17, 15) is 4.79 Å². The number of unbranched alkanes of at least 4 members (excludes halogenated alkanes) is 1. The number of rotatable bonds is 8. The highest BCUT2D eigenvalue weighted by molar-refractivity contribution is 14.0. The number of hydrogen-bond acceptors (Lipinski definition) is 2. The zero-order valence-corrected chi connectivity index (χ0v) is 16.8. The van der Waals surface area contributed by atoms with Crippen molar-refractivity contribution in [3.05, 3.63) is 34.9 Å². The number of nitrogens with one attached hydrogen (secondary N) is 3. The number of nitrogens with zero attached hydrogens (tertiary/aromatic N) is 1. The van der Waals surface area contributed by atoms with Crippen molar-refractivity contribution < 1.29 is 4.79 Å². The zero-order chi connectivity index (χ0) is 16.2. The summed E-state index contributed by atoms with van der Waals surface area (Å²) >= 11 is 5.80. The standard InChI is InChI=1S/C16H25ClN4O.HI/c1-3-5-10-20-16(18-4-2)21-12-11-19-15(22)13-6-8-14(17)9-7-13;/h6-9H,3-5,10-12H2,1-2H3,(H,19,22)(H2,18,20,21);1H. The number of aliphatic imine (C=N–C) groups is 1. The molecule has 0 fully saturated rings. The topological polar surface area (TPSA) is 65.5 Å². The van der Waals surface area contributed by atoms with Gasteiger partial charge in [0.1, 0.15) is 0 Å². The van der Waals surface area contributed by atoms with Gasteiger partial charge in [0.15, 0.2) is 5.96 Å². The molecule has 1 amide bonds. The molecule has 3 N–H and O–H groups in total. The molecule has 0 aliphatic heterocycles. The third-order valence-electron chi connectivity index (χ3n) is 2.94. The minimum Gasteiger partial charge on any atom is -0.357 e. The third-order valence-corrected chi connectivity index (χ3v) is 3.19. The van der Waals surface area contributed by atoms with Crippen molar-refractivity contribution >= 4 is 47.4 Å². The van der Waals surface area contributed by atoms with Crippen LogP contribution in [0.2, 0.25) is 5.02 Å². The second-order valence-corrected chi connectivity index (χ2v) is 5.24. The Kier molecular flexibility index (Phi) is 12.8. The normalized spacial score (nSPS) is 10.7. The molecule has 5 nitrogen and oxygen atoms in total. The summed E-state index contributed by atoms with van der Waals surface area (Å²) in [5.41, 5.74) is 0.605. The number of carbonyl (C=O) groups is 1. The minimum atomic E-state index is -0.105. The van der Waals surface area contributed by atoms with Crippen molar-refractivity contribution in [2.45, 2.75) is 26.7 Å². The lowest BCUT2D eigenvalue weighted by molar-refractivity contribution is 0.0954. The average molecular weight is 453 g/mol. The molecule has 0 radical (unpaired) electrons. The molecule has 1 rings (SSSR count). The zero-order valence-electron chi connectivity index (χ0n) is 13.7. The van der Waals surface area contributed by atoms with E-state index >= 15 is 0 Å². The van der Waals surface area contributed by atoms with E-state index in [0.717, 1.165) is 31.9 Å². The third kappa shape index (κ3) is 9.65. The summed E-state index contributed by atoms with van der Waals surface area (Å²) < 4.78 is 0. The van der Waals surface area contributed by atoms with Crippen LogP contribution in [0.3, 0.4) is 0 Å². The van der Waals surface area contributed by atoms with Gasteiger partial charge in [-0.2, -0.15) is 0 Å². The smallest absolute Gasteiger partial charge is 0.251 e. The number of benzene rings is 1. The lowest BCUT2D eigenvalue weighted by Gasteiger charge is -2.11. The number of halogens is 2. The number of guanidine groups is 1. The maximum absolute atomic E-state index is 11.9. The van der Waals surface area contributed by atoms with Gasteiger partial charge in [-0.15, -0.1) is 24.0 Å². The first-order chi connectivity index (χ1) is 10.7. The largest absolute Gasteiger partial charge is 0.357 e. The SMILES string of the molecule is CCCCN=C(NCC)NCCNC(=O)c1ccc(Cl)cc1.I. The second kappa shape index (κ2) is 13.4. The lowest BCUT2D eigenvalue weighted by Crippen LogP contribution is -2.41. The minimum absolute atomic E-state index is 0. The summed E-state index contributed by atoms with van der Waals surface area (Å²) in [6, 6.07) is 6.83. The van der Waals surface area contributed by atoms with Gasteiger partial charge in [0.2, 0.25) is 0 Å². The Morgan fingerprint density at radius 1 is 1.09 bits per heavy atom. The Hall–Kier alpha value is -1.02. The molecule has 0 saturated carbocycles. The maximum atomic E-state index is 11.9. The fourth-order valence-corrected chi connectivity index (χ4v) is 1.88. The Morgan fingerprint density at radius 3 is 2.35 bits per heavy atom. The van der Waals surface area contributed by atoms with E-state index in [1.165, 1.54) is 0 Å². The molecule has 0 aliphatic rings. The molecule has 0 unspecified atom stereocenters. The molecule has 0 aliphatic carbocycles. The predicted molar refractivity (Wildman–Crippen MR) is 108 cm³/mol. The van der Waals surface area contributed by atoms with E-state index in [1.807, 2.05) is 6.92 Å². The fraction of sp³-hybridized carbons (Fsp3) is 0.500. The van der Waals surface area contributed by atoms with E-state index < -0.39 is 0 Å². The first-order valence-corrected chi connectivity index (χ1v) is 8.11. The van der Waals surface area contributed by atoms with Gasteiger partial charge in [0.05, 0.1) is 0 Å². The van der Waals surface area contributed by atoms with Gasteiger partial charge in [0.25, 0.3) is 5.91 Å². The highest BCUT2D eigenvalue weighted by atomic mass is 127. The van der Waals surface area contributed by atoms with E-state index in [2.05, 4.69) is 27.9 Å². The first kappa shape index (κ1) is 22.0. The van der Waals surface area contributed by atoms with Crippen LogP contribution in [0.1, 0.15) is 37.0 Å². The molecular weight excluding hydrogens is 427 g/mol. The molecule has 0 saturated heterocycles. The molecular formula is C16H26ClIN4O. The maximum Gasteiger partial charge on any atom is 0.251 e. The van der Waals surface area contributed by atoms with Crippen LogP contribution in [0.15, 0.2) is 29.3 Å². The van der Waals surface area contributed by atoms with Crippen LogP contribution in [0, 0.1) is 0 Å². The summed E-state index contributed by atoms with van der Waals surface area (Å²) in [4.78, 5) is 16.4. The van der Waals surface area contributed by atoms with Gasteiger partial charge in [-0.1, -0.05) is 24.9 Å². The van der Waals surface area contributed by atoms with Crippen LogP contribution in [0.25, 0.3) is 0 Å². The summed E-state index contributed by atoms with van der Waals surface area (Å²) in [6.07, 6.45) is 2.20. The number of amides is 1. The quantitative estimate of drug-likeness (QED) is 0.246. The molecule has 1 aromatic rings. The van der Waals surface area contributed by atoms with Gasteiger partial charge in [-0.05, 0) is 37.6 Å². The summed E-state index contributed by atoms with van der Waals surface area (Å²) in [6.45, 7) is 6.94. The Morgan fingerprint density at radius 2 is 1.74 bits per heavy atom. The van der Waals surface area contributed by atoms with Crippen LogP contribution in [-0.2, 0) is 0 Å². The van der Waals surface area contributed by atoms with E-state index in [0.29, 0.717) is 23.7 Å². The summed E-state index contributed by atoms with van der Waals surface area (Å²) in [5, 5.41) is 9.86. The molecule has 0 atom stereocenters. The molecule has 23 heavy (non-hydrogen) atoms. The Bertz CT molecular complexity index is 479. The van der Waals surface area contributed by atoms with E-state index in [4.69, 9.17) is 11.6 Å². The van der Waals surface area contributed by atoms with Crippen molar-refractivity contribution in [3.63, 3.8) is 0 Å². The van der Waals surface area contributed by atoms with Gasteiger partial charge < -0.3 is 16.0 Å². The van der Waals surface area contributed by atoms with Gasteiger partial charge >= 0.3 is 0 Å². The molecule has 7 heteroatoms. The van der Waals surface area contributed by atoms with Crippen LogP contribution in [0.4, 0.5) is 0 Å². The Labute approximate surface area is 160 Å². The molecule has 1 aromatic carbocycles. The second-order valence-electron chi connectivity index (χ2n) is 4.80. The molecule has 0 heterocycles. The molecule has 0 spiro atoms. The summed E-state index contributed by atoms with van der Waals surface area (Å²) in [5.74, 6) is 0.683. The lowest BCUT2D eigenvalue weighted by atomic mass is 10.2. The van der Waals surface area contributed by atoms with Crippen molar-refractivity contribution in [2.24, 2.45) is 4.99 Å². The average Bonchev–Trinajstić information content (AvgIpc) is 2.52. The Balaban J connectivity index is 0.00000484. The number of hydrogen-bond donors (Lipinski definition) is 3. The van der Waals surface area contributed by atoms with Gasteiger partial charge in [-0.25, -0.2) is 0 Å². The van der Waals surface area contributed by atoms with Gasteiger partial charge in [0, 0.05) is 36.8 Å². The fourth-order valence-electron chi connectivity index (χ4n) is 1.75. The number of carbonyl (C=O) groups excluding carboxylic acids is 1. The van der Waals surface area contributed by atoms with Crippen molar-refractivity contribution in [3.8, 4) is 0 Å². The van der Waals surface area contributed by atoms with Crippen molar-refractivity contribution in [1.82, 2.24) is 16.0 Å². The molecule has 130 valence electrons. The van der Waals surface area contributed by atoms with E-state index in [1.54, 1.807) is 24.3 Å². The molecule has 0 bridgehead atoms. The first-order valence-electron chi connectivity index (χ1n) is 7.73. The highest BCUT2D eigenvalue weighted by Gasteiger charge is 2.04. The van der Waals surface area contributed by atoms with Crippen LogP contribution < -0.4 is 16.0 Å². The van der Waals surface area contributed by atoms with E-state index in [-0.39, 0.29) is 29.9 Å². The van der Waals surface area contributed by atoms with Crippen molar-refractivity contribution in [1.29, 1.82) is 0 Å². The predicted octanol–water partition coefficient (Wildman–Crippen LogP) is 3.04. The van der Waals surface area contributed by atoms with Crippen molar-refractivity contribution in [2.75, 3.05) is 26.2 Å². The monoisotopic (exact) mass is 452 g/mol. The van der Waals surface area contributed by atoms with Gasteiger partial charge in [-0.3, -0.25) is 9.79 Å². The van der Waals surface area contributed by atoms with Crippen LogP contribution >= 0.6 is 35.6 Å². The molecule has 0 aromatic heterocycles. The van der Waals surface area contributed by atoms with Crippen LogP contribution in [-0.4, -0.2) is 38.0 Å². The van der Waals surface area contributed by atoms with Crippen LogP contribution in [0.5, 0.6) is 0 Å². The highest BCUT2D eigenvalue weighted by Crippen LogP contribution is 2.08. The summed E-state index contributed by atoms with van der Waals surface area (Å²) in [7, 11) is 0.